The van der Waals surface area contributed by atoms with Crippen LogP contribution < -0.4 is 15.8 Å². The van der Waals surface area contributed by atoms with Crippen LogP contribution in [0.3, 0.4) is 0 Å². The number of amides is 1. The van der Waals surface area contributed by atoms with Crippen LogP contribution in [0.15, 0.2) is 18.2 Å². The van der Waals surface area contributed by atoms with Crippen molar-refractivity contribution in [3.8, 4) is 5.75 Å². The largest absolute Gasteiger partial charge is 0.494 e. The van der Waals surface area contributed by atoms with Gasteiger partial charge in [-0.25, -0.2) is 0 Å². The average molecular weight is 315 g/mol. The van der Waals surface area contributed by atoms with Gasteiger partial charge in [-0.3, -0.25) is 4.79 Å². The summed E-state index contributed by atoms with van der Waals surface area (Å²) < 4.78 is 11.0. The lowest BCUT2D eigenvalue weighted by Crippen LogP contribution is -2.30. The molecule has 1 aliphatic rings. The zero-order valence-corrected chi connectivity index (χ0v) is 13.2. The summed E-state index contributed by atoms with van der Waals surface area (Å²) in [4.78, 5) is 12.1. The van der Waals surface area contributed by atoms with Crippen molar-refractivity contribution in [2.24, 2.45) is 5.73 Å². The third kappa shape index (κ3) is 4.59. The minimum absolute atomic E-state index is 0. The van der Waals surface area contributed by atoms with Gasteiger partial charge in [0.2, 0.25) is 0 Å². The first-order valence-corrected chi connectivity index (χ1v) is 7.04. The van der Waals surface area contributed by atoms with E-state index in [0.29, 0.717) is 13.2 Å². The maximum Gasteiger partial charge on any atom is 0.253 e. The van der Waals surface area contributed by atoms with Gasteiger partial charge in [0.1, 0.15) is 11.9 Å². The standard InChI is InChI=1S/C15H22N2O3.ClH/c1-3-19-11-4-6-13(10(2)8-11)17-15(18)14-7-5-12(9-16)20-14;/h4,6,8,12,14H,3,5,7,9,16H2,1-2H3,(H,17,18);1H/t12-,14+;/m1./s1. The van der Waals surface area contributed by atoms with E-state index in [0.717, 1.165) is 29.8 Å². The Bertz CT molecular complexity index is 482. The van der Waals surface area contributed by atoms with Crippen LogP contribution in [0.1, 0.15) is 25.3 Å². The Morgan fingerprint density at radius 2 is 2.24 bits per heavy atom. The lowest BCUT2D eigenvalue weighted by molar-refractivity contribution is -0.126. The Kier molecular flexibility index (Phi) is 6.95. The Balaban J connectivity index is 0.00000220. The molecule has 1 saturated heterocycles. The summed E-state index contributed by atoms with van der Waals surface area (Å²) in [5, 5.41) is 2.91. The molecule has 2 rings (SSSR count). The first kappa shape index (κ1) is 17.8. The van der Waals surface area contributed by atoms with E-state index >= 15 is 0 Å². The van der Waals surface area contributed by atoms with E-state index in [1.807, 2.05) is 32.0 Å². The van der Waals surface area contributed by atoms with Crippen molar-refractivity contribution < 1.29 is 14.3 Å². The molecule has 0 aliphatic carbocycles. The summed E-state index contributed by atoms with van der Waals surface area (Å²) in [5.74, 6) is 0.705. The highest BCUT2D eigenvalue weighted by molar-refractivity contribution is 5.95. The van der Waals surface area contributed by atoms with E-state index in [4.69, 9.17) is 15.2 Å². The molecule has 0 spiro atoms. The molecule has 1 aliphatic heterocycles. The second-order valence-electron chi connectivity index (χ2n) is 4.96. The number of benzene rings is 1. The van der Waals surface area contributed by atoms with Crippen LogP contribution >= 0.6 is 12.4 Å². The zero-order chi connectivity index (χ0) is 14.5. The summed E-state index contributed by atoms with van der Waals surface area (Å²) in [5.41, 5.74) is 7.31. The molecule has 1 aromatic carbocycles. The predicted octanol–water partition coefficient (Wildman–Crippen LogP) is 2.26. The molecule has 0 unspecified atom stereocenters. The molecule has 0 bridgehead atoms. The first-order valence-electron chi connectivity index (χ1n) is 7.04. The molecule has 1 heterocycles. The topological polar surface area (TPSA) is 73.6 Å². The quantitative estimate of drug-likeness (QED) is 0.874. The second kappa shape index (κ2) is 8.22. The van der Waals surface area contributed by atoms with Gasteiger partial charge in [0.05, 0.1) is 12.7 Å². The van der Waals surface area contributed by atoms with Crippen LogP contribution in [0.5, 0.6) is 5.75 Å². The van der Waals surface area contributed by atoms with Gasteiger partial charge in [-0.15, -0.1) is 12.4 Å². The summed E-state index contributed by atoms with van der Waals surface area (Å²) in [6, 6.07) is 5.62. The average Bonchev–Trinajstić information content (AvgIpc) is 2.91. The van der Waals surface area contributed by atoms with Crippen molar-refractivity contribution in [1.29, 1.82) is 0 Å². The Morgan fingerprint density at radius 1 is 1.48 bits per heavy atom. The molecule has 1 fully saturated rings. The molecule has 1 amide bonds. The number of hydrogen-bond acceptors (Lipinski definition) is 4. The molecule has 0 saturated carbocycles. The molecule has 3 N–H and O–H groups in total. The van der Waals surface area contributed by atoms with Crippen LogP contribution in [0.4, 0.5) is 5.69 Å². The SMILES string of the molecule is CCOc1ccc(NC(=O)[C@@H]2CC[C@H](CN)O2)c(C)c1.Cl. The van der Waals surface area contributed by atoms with Gasteiger partial charge >= 0.3 is 0 Å². The Hall–Kier alpha value is -1.30. The van der Waals surface area contributed by atoms with E-state index in [1.54, 1.807) is 0 Å². The number of ether oxygens (including phenoxy) is 2. The third-order valence-electron chi connectivity index (χ3n) is 3.43. The highest BCUT2D eigenvalue weighted by Crippen LogP contribution is 2.24. The predicted molar refractivity (Wildman–Crippen MR) is 85.2 cm³/mol. The number of aryl methyl sites for hydroxylation is 1. The van der Waals surface area contributed by atoms with Gasteiger partial charge in [0, 0.05) is 12.2 Å². The third-order valence-corrected chi connectivity index (χ3v) is 3.43. The van der Waals surface area contributed by atoms with Crippen LogP contribution in [-0.4, -0.2) is 31.3 Å². The van der Waals surface area contributed by atoms with E-state index < -0.39 is 6.10 Å². The molecule has 21 heavy (non-hydrogen) atoms. The molecule has 0 aromatic heterocycles. The summed E-state index contributed by atoms with van der Waals surface area (Å²) in [7, 11) is 0. The second-order valence-corrected chi connectivity index (χ2v) is 4.96. The smallest absolute Gasteiger partial charge is 0.253 e. The van der Waals surface area contributed by atoms with E-state index in [9.17, 15) is 4.79 Å². The maximum atomic E-state index is 12.1. The van der Waals surface area contributed by atoms with Gasteiger partial charge in [0.25, 0.3) is 5.91 Å². The number of nitrogens with two attached hydrogens (primary N) is 1. The number of nitrogens with one attached hydrogen (secondary N) is 1. The number of carbonyl (C=O) groups excluding carboxylic acids is 1. The normalized spacial score (nSPS) is 20.7. The van der Waals surface area contributed by atoms with Crippen molar-refractivity contribution in [2.45, 2.75) is 38.9 Å². The monoisotopic (exact) mass is 314 g/mol. The van der Waals surface area contributed by atoms with Crippen molar-refractivity contribution in [2.75, 3.05) is 18.5 Å². The van der Waals surface area contributed by atoms with Crippen LogP contribution in [-0.2, 0) is 9.53 Å². The van der Waals surface area contributed by atoms with Crippen molar-refractivity contribution in [3.05, 3.63) is 23.8 Å². The minimum atomic E-state index is -0.394. The lowest BCUT2D eigenvalue weighted by atomic mass is 10.1. The summed E-state index contributed by atoms with van der Waals surface area (Å²) in [6.07, 6.45) is 1.18. The highest BCUT2D eigenvalue weighted by atomic mass is 35.5. The number of hydrogen-bond donors (Lipinski definition) is 2. The number of carbonyl (C=O) groups is 1. The van der Waals surface area contributed by atoms with Crippen molar-refractivity contribution >= 4 is 24.0 Å². The molecule has 1 aromatic rings. The maximum absolute atomic E-state index is 12.1. The van der Waals surface area contributed by atoms with E-state index in [2.05, 4.69) is 5.32 Å². The van der Waals surface area contributed by atoms with Crippen LogP contribution in [0, 0.1) is 6.92 Å². The summed E-state index contributed by atoms with van der Waals surface area (Å²) in [6.45, 7) is 4.97. The molecular weight excluding hydrogens is 292 g/mol. The number of halogens is 1. The lowest BCUT2D eigenvalue weighted by Gasteiger charge is -2.14. The molecule has 2 atom stereocenters. The van der Waals surface area contributed by atoms with Gasteiger partial charge in [-0.1, -0.05) is 0 Å². The molecule has 118 valence electrons. The fraction of sp³-hybridized carbons (Fsp3) is 0.533. The molecule has 0 radical (unpaired) electrons. The Labute approximate surface area is 131 Å². The molecular formula is C15H23ClN2O3. The minimum Gasteiger partial charge on any atom is -0.494 e. The molecule has 6 heteroatoms. The van der Waals surface area contributed by atoms with Gasteiger partial charge < -0.3 is 20.5 Å². The van der Waals surface area contributed by atoms with Crippen LogP contribution in [0.25, 0.3) is 0 Å². The Morgan fingerprint density at radius 3 is 2.81 bits per heavy atom. The van der Waals surface area contributed by atoms with Gasteiger partial charge in [0.15, 0.2) is 0 Å². The van der Waals surface area contributed by atoms with E-state index in [1.165, 1.54) is 0 Å². The fourth-order valence-corrected chi connectivity index (χ4v) is 2.32. The summed E-state index contributed by atoms with van der Waals surface area (Å²) >= 11 is 0. The first-order chi connectivity index (χ1) is 9.63. The zero-order valence-electron chi connectivity index (χ0n) is 12.4. The number of anilines is 1. The highest BCUT2D eigenvalue weighted by Gasteiger charge is 2.29. The van der Waals surface area contributed by atoms with Gasteiger partial charge in [-0.05, 0) is 50.5 Å². The fourth-order valence-electron chi connectivity index (χ4n) is 2.32. The molecule has 5 nitrogen and oxygen atoms in total. The van der Waals surface area contributed by atoms with Crippen LogP contribution in [0.2, 0.25) is 0 Å². The van der Waals surface area contributed by atoms with E-state index in [-0.39, 0.29) is 24.4 Å². The number of rotatable bonds is 5. The van der Waals surface area contributed by atoms with Gasteiger partial charge in [-0.2, -0.15) is 0 Å². The van der Waals surface area contributed by atoms with Crippen molar-refractivity contribution in [1.82, 2.24) is 0 Å². The van der Waals surface area contributed by atoms with Crippen molar-refractivity contribution in [3.63, 3.8) is 0 Å².